The highest BCUT2D eigenvalue weighted by atomic mass is 19.1. The fourth-order valence-electron chi connectivity index (χ4n) is 6.32. The zero-order chi connectivity index (χ0) is 36.2. The first-order valence-corrected chi connectivity index (χ1v) is 17.1. The maximum absolute atomic E-state index is 14.6. The molecule has 4 aromatic rings. The summed E-state index contributed by atoms with van der Waals surface area (Å²) in [5.74, 6) is 0.428. The second kappa shape index (κ2) is 15.1. The van der Waals surface area contributed by atoms with Gasteiger partial charge in [0.15, 0.2) is 11.8 Å². The van der Waals surface area contributed by atoms with E-state index in [2.05, 4.69) is 25.0 Å². The van der Waals surface area contributed by atoms with Gasteiger partial charge in [-0.05, 0) is 84.2 Å². The van der Waals surface area contributed by atoms with Crippen molar-refractivity contribution in [1.29, 1.82) is 0 Å². The molecule has 5 rings (SSSR count). The number of piperidine rings is 1. The van der Waals surface area contributed by atoms with Crippen LogP contribution in [0.3, 0.4) is 0 Å². The highest BCUT2D eigenvalue weighted by Gasteiger charge is 2.38. The van der Waals surface area contributed by atoms with Crippen LogP contribution in [0, 0.1) is 12.7 Å². The molecule has 2 unspecified atom stereocenters. The Labute approximate surface area is 294 Å². The summed E-state index contributed by atoms with van der Waals surface area (Å²) < 4.78 is 40.4. The summed E-state index contributed by atoms with van der Waals surface area (Å²) in [7, 11) is 1.36. The van der Waals surface area contributed by atoms with Crippen molar-refractivity contribution in [3.05, 3.63) is 90.9 Å². The largest absolute Gasteiger partial charge is 0.490 e. The Morgan fingerprint density at radius 2 is 1.80 bits per heavy atom. The van der Waals surface area contributed by atoms with Crippen molar-refractivity contribution in [2.75, 3.05) is 31.7 Å². The molecule has 0 saturated carbocycles. The molecule has 0 N–H and O–H groups in total. The van der Waals surface area contributed by atoms with Gasteiger partial charge in [0, 0.05) is 42.4 Å². The van der Waals surface area contributed by atoms with E-state index in [1.807, 2.05) is 65.0 Å². The fourth-order valence-corrected chi connectivity index (χ4v) is 6.32. The van der Waals surface area contributed by atoms with Gasteiger partial charge in [-0.3, -0.25) is 0 Å². The molecule has 0 aliphatic carbocycles. The van der Waals surface area contributed by atoms with Gasteiger partial charge in [0.2, 0.25) is 0 Å². The van der Waals surface area contributed by atoms with Crippen LogP contribution in [0.1, 0.15) is 71.2 Å². The number of aryl methyl sites for hydroxylation is 1. The molecular formula is C40H49FN4O5. The predicted molar refractivity (Wildman–Crippen MR) is 195 cm³/mol. The summed E-state index contributed by atoms with van der Waals surface area (Å²) in [5, 5.41) is 5.10. The molecule has 0 radical (unpaired) electrons. The fraction of sp³-hybridized carbons (Fsp3) is 0.425. The van der Waals surface area contributed by atoms with Gasteiger partial charge in [0.25, 0.3) is 0 Å². The molecule has 1 aliphatic rings. The Bertz CT molecular complexity index is 1850. The molecule has 3 heterocycles. The van der Waals surface area contributed by atoms with Crippen molar-refractivity contribution in [2.45, 2.75) is 84.2 Å². The Hall–Kier alpha value is -4.54. The van der Waals surface area contributed by atoms with E-state index in [9.17, 15) is 9.18 Å². The van der Waals surface area contributed by atoms with E-state index in [1.54, 1.807) is 22.7 Å². The number of benzene rings is 2. The van der Waals surface area contributed by atoms with Crippen LogP contribution in [-0.4, -0.2) is 64.7 Å². The normalized spacial score (nSPS) is 15.8. The van der Waals surface area contributed by atoms with Crippen molar-refractivity contribution in [3.8, 4) is 28.1 Å². The molecule has 0 spiro atoms. The van der Waals surface area contributed by atoms with Crippen LogP contribution in [0.15, 0.2) is 73.8 Å². The first-order chi connectivity index (χ1) is 23.8. The minimum absolute atomic E-state index is 0.127. The summed E-state index contributed by atoms with van der Waals surface area (Å²) in [6, 6.07) is 14.2. The molecule has 1 saturated heterocycles. The van der Waals surface area contributed by atoms with E-state index in [0.29, 0.717) is 60.0 Å². The average molecular weight is 685 g/mol. The minimum Gasteiger partial charge on any atom is -0.490 e. The van der Waals surface area contributed by atoms with Crippen LogP contribution in [0.4, 0.5) is 10.2 Å². The van der Waals surface area contributed by atoms with Gasteiger partial charge in [0.05, 0.1) is 42.3 Å². The number of esters is 1. The number of anilines is 1. The first kappa shape index (κ1) is 36.7. The summed E-state index contributed by atoms with van der Waals surface area (Å²) >= 11 is 0. The summed E-state index contributed by atoms with van der Waals surface area (Å²) in [4.78, 5) is 20.6. The third-order valence-corrected chi connectivity index (χ3v) is 8.86. The third-order valence-electron chi connectivity index (χ3n) is 8.86. The number of ether oxygens (including phenoxy) is 4. The van der Waals surface area contributed by atoms with Crippen molar-refractivity contribution in [2.24, 2.45) is 0 Å². The number of aromatic nitrogens is 3. The summed E-state index contributed by atoms with van der Waals surface area (Å²) in [6.45, 7) is 21.1. The Morgan fingerprint density at radius 3 is 2.46 bits per heavy atom. The van der Waals surface area contributed by atoms with Crippen LogP contribution in [0.2, 0.25) is 0 Å². The van der Waals surface area contributed by atoms with Crippen molar-refractivity contribution >= 4 is 17.4 Å². The van der Waals surface area contributed by atoms with Gasteiger partial charge < -0.3 is 23.8 Å². The van der Waals surface area contributed by atoms with Crippen LogP contribution >= 0.6 is 0 Å². The van der Waals surface area contributed by atoms with Crippen molar-refractivity contribution < 1.29 is 28.1 Å². The van der Waals surface area contributed by atoms with E-state index in [-0.39, 0.29) is 17.5 Å². The maximum Gasteiger partial charge on any atom is 0.339 e. The van der Waals surface area contributed by atoms with Gasteiger partial charge >= 0.3 is 5.97 Å². The number of fused-ring (bicyclic) bond motifs is 1. The molecule has 2 aromatic heterocycles. The molecule has 266 valence electrons. The molecule has 1 aliphatic heterocycles. The zero-order valence-corrected chi connectivity index (χ0v) is 30.3. The lowest BCUT2D eigenvalue weighted by Crippen LogP contribution is -2.45. The Morgan fingerprint density at radius 1 is 1.08 bits per heavy atom. The monoisotopic (exact) mass is 684 g/mol. The zero-order valence-electron chi connectivity index (χ0n) is 30.3. The minimum atomic E-state index is -1.04. The summed E-state index contributed by atoms with van der Waals surface area (Å²) in [5.41, 5.74) is 3.79. The molecule has 2 aromatic carbocycles. The number of carbonyl (C=O) groups excluding carboxylic acids is 1. The van der Waals surface area contributed by atoms with E-state index in [0.717, 1.165) is 29.8 Å². The van der Waals surface area contributed by atoms with E-state index >= 15 is 0 Å². The number of carbonyl (C=O) groups is 1. The molecule has 2 atom stereocenters. The number of methoxy groups -OCH3 is 1. The van der Waals surface area contributed by atoms with Crippen LogP contribution in [0.25, 0.3) is 28.0 Å². The lowest BCUT2D eigenvalue weighted by molar-refractivity contribution is -0.164. The number of rotatable bonds is 13. The highest BCUT2D eigenvalue weighted by molar-refractivity contribution is 5.81. The van der Waals surface area contributed by atoms with Gasteiger partial charge in [0.1, 0.15) is 17.4 Å². The van der Waals surface area contributed by atoms with E-state index < -0.39 is 17.7 Å². The first-order valence-electron chi connectivity index (χ1n) is 17.1. The molecule has 0 bridgehead atoms. The topological polar surface area (TPSA) is 87.4 Å². The SMILES string of the molecule is C=CCOC1(C)CCN(c2c(C(OC(C)(C)C)C(=O)OC)c(C)nc3cc(-c4cccc(-c5cc(F)ccc5OC(C)CC=C)c4)nn23)CC1. The van der Waals surface area contributed by atoms with Crippen LogP contribution in [0.5, 0.6) is 5.75 Å². The van der Waals surface area contributed by atoms with Crippen LogP contribution in [-0.2, 0) is 19.0 Å². The van der Waals surface area contributed by atoms with Gasteiger partial charge in [-0.2, -0.15) is 9.61 Å². The quantitative estimate of drug-likeness (QED) is 0.102. The standard InChI is InChI=1S/C40H49FN4O5/c1-10-13-26(3)49-33-17-16-30(41)24-31(33)28-14-12-15-29(23-28)32-25-34-42-27(4)35(36(38(46)47-9)50-39(5,6)7)37(45(34)43-32)44-20-18-40(8,19-21-44)48-22-11-2/h10-12,14-17,23-26,36H,1-2,13,18-22H2,3-9H3. The molecule has 0 amide bonds. The lowest BCUT2D eigenvalue weighted by Gasteiger charge is -2.41. The highest BCUT2D eigenvalue weighted by Crippen LogP contribution is 2.39. The molecule has 1 fully saturated rings. The Balaban J connectivity index is 1.64. The van der Waals surface area contributed by atoms with E-state index in [4.69, 9.17) is 29.0 Å². The molecule has 10 heteroatoms. The average Bonchev–Trinajstić information content (AvgIpc) is 3.50. The smallest absolute Gasteiger partial charge is 0.339 e. The lowest BCUT2D eigenvalue weighted by atomic mass is 9.92. The van der Waals surface area contributed by atoms with Gasteiger partial charge in [-0.25, -0.2) is 14.2 Å². The number of nitrogens with zero attached hydrogens (tertiary/aromatic N) is 4. The van der Waals surface area contributed by atoms with Crippen LogP contribution < -0.4 is 9.64 Å². The van der Waals surface area contributed by atoms with Gasteiger partial charge in [-0.1, -0.05) is 30.4 Å². The summed E-state index contributed by atoms with van der Waals surface area (Å²) in [6.07, 6.45) is 4.57. The van der Waals surface area contributed by atoms with Crippen molar-refractivity contribution in [1.82, 2.24) is 14.6 Å². The molecule has 50 heavy (non-hydrogen) atoms. The predicted octanol–water partition coefficient (Wildman–Crippen LogP) is 8.44. The number of hydrogen-bond acceptors (Lipinski definition) is 8. The van der Waals surface area contributed by atoms with Gasteiger partial charge in [-0.15, -0.1) is 13.2 Å². The second-order valence-electron chi connectivity index (χ2n) is 14.1. The maximum atomic E-state index is 14.6. The number of hydrogen-bond donors (Lipinski definition) is 0. The van der Waals surface area contributed by atoms with E-state index in [1.165, 1.54) is 19.2 Å². The number of halogens is 1. The van der Waals surface area contributed by atoms with Crippen molar-refractivity contribution in [3.63, 3.8) is 0 Å². The second-order valence-corrected chi connectivity index (χ2v) is 14.1. The molecular weight excluding hydrogens is 635 g/mol. The Kier molecular flexibility index (Phi) is 11.1. The third kappa shape index (κ3) is 8.25. The molecule has 9 nitrogen and oxygen atoms in total.